The lowest BCUT2D eigenvalue weighted by Gasteiger charge is -2.32. The van der Waals surface area contributed by atoms with Gasteiger partial charge in [-0.15, -0.1) is 24.5 Å². The van der Waals surface area contributed by atoms with Crippen molar-refractivity contribution in [1.29, 1.82) is 0 Å². The standard InChI is InChI=1S/C22H30N4O2S.C2H4/c1-3-17(19-24-22(20(27)28-19)10-5-4-6-11-22)8-7-9-18-16-29-21(23-18)26-14-12-25(2)13-15-26;1-2/h3,7-8,16H,4-6,9-15H2,1-2H3;1-2H2/b8-7-,17-3+;. The van der Waals surface area contributed by atoms with Crippen LogP contribution in [0.1, 0.15) is 44.7 Å². The first-order valence-electron chi connectivity index (χ1n) is 11.1. The minimum absolute atomic E-state index is 0.170. The first-order valence-corrected chi connectivity index (χ1v) is 12.0. The van der Waals surface area contributed by atoms with E-state index in [9.17, 15) is 4.79 Å². The van der Waals surface area contributed by atoms with Crippen molar-refractivity contribution in [3.8, 4) is 0 Å². The summed E-state index contributed by atoms with van der Waals surface area (Å²) in [5.74, 6) is 0.309. The van der Waals surface area contributed by atoms with Gasteiger partial charge in [-0.05, 0) is 26.8 Å². The Morgan fingerprint density at radius 1 is 1.23 bits per heavy atom. The fraction of sp³-hybridized carbons (Fsp3) is 0.542. The third-order valence-electron chi connectivity index (χ3n) is 6.06. The second-order valence-electron chi connectivity index (χ2n) is 8.16. The molecule has 1 saturated carbocycles. The van der Waals surface area contributed by atoms with Gasteiger partial charge < -0.3 is 14.5 Å². The number of carbonyl (C=O) groups is 1. The van der Waals surface area contributed by atoms with Crippen LogP contribution in [0.25, 0.3) is 0 Å². The second-order valence-corrected chi connectivity index (χ2v) is 9.00. The normalized spacial score (nSPS) is 21.7. The molecule has 31 heavy (non-hydrogen) atoms. The lowest BCUT2D eigenvalue weighted by molar-refractivity contribution is -0.140. The number of aromatic nitrogens is 1. The van der Waals surface area contributed by atoms with Crippen LogP contribution in [0.15, 0.2) is 47.3 Å². The van der Waals surface area contributed by atoms with Crippen molar-refractivity contribution in [2.24, 2.45) is 4.99 Å². The summed E-state index contributed by atoms with van der Waals surface area (Å²) in [6.07, 6.45) is 11.7. The number of esters is 1. The number of anilines is 1. The van der Waals surface area contributed by atoms with Gasteiger partial charge in [-0.3, -0.25) is 0 Å². The van der Waals surface area contributed by atoms with Gasteiger partial charge in [0, 0.05) is 43.6 Å². The van der Waals surface area contributed by atoms with Gasteiger partial charge in [0.25, 0.3) is 0 Å². The third-order valence-corrected chi connectivity index (χ3v) is 7.01. The molecule has 7 heteroatoms. The van der Waals surface area contributed by atoms with E-state index in [0.29, 0.717) is 5.90 Å². The predicted molar refractivity (Wildman–Crippen MR) is 129 cm³/mol. The van der Waals surface area contributed by atoms with E-state index >= 15 is 0 Å². The molecule has 1 spiro atoms. The van der Waals surface area contributed by atoms with Gasteiger partial charge in [0.1, 0.15) is 0 Å². The van der Waals surface area contributed by atoms with Crippen LogP contribution in [0.3, 0.4) is 0 Å². The quantitative estimate of drug-likeness (QED) is 0.384. The highest BCUT2D eigenvalue weighted by molar-refractivity contribution is 7.13. The predicted octanol–water partition coefficient (Wildman–Crippen LogP) is 4.40. The van der Waals surface area contributed by atoms with Crippen molar-refractivity contribution in [2.45, 2.75) is 51.0 Å². The minimum atomic E-state index is -0.623. The van der Waals surface area contributed by atoms with E-state index in [1.807, 2.05) is 19.1 Å². The van der Waals surface area contributed by atoms with E-state index in [2.05, 4.69) is 41.5 Å². The molecular weight excluding hydrogens is 408 g/mol. The molecule has 0 aromatic carbocycles. The SMILES string of the molecule is C/C=C(\C=C/Cc1csc(N2CCN(C)CC2)n1)C1=NC2(CCCCC2)C(=O)O1.C=C. The highest BCUT2D eigenvalue weighted by atomic mass is 32.1. The summed E-state index contributed by atoms with van der Waals surface area (Å²) < 4.78 is 5.57. The summed E-state index contributed by atoms with van der Waals surface area (Å²) in [7, 11) is 2.16. The summed E-state index contributed by atoms with van der Waals surface area (Å²) in [6, 6.07) is 0. The van der Waals surface area contributed by atoms with Gasteiger partial charge in [-0.25, -0.2) is 14.8 Å². The monoisotopic (exact) mass is 442 g/mol. The molecule has 0 radical (unpaired) electrons. The average Bonchev–Trinajstić information content (AvgIpc) is 3.39. The number of piperazine rings is 1. The molecule has 3 aliphatic rings. The minimum Gasteiger partial charge on any atom is -0.405 e. The molecule has 168 valence electrons. The molecule has 1 saturated heterocycles. The molecule has 0 bridgehead atoms. The van der Waals surface area contributed by atoms with Crippen molar-refractivity contribution >= 4 is 28.3 Å². The van der Waals surface area contributed by atoms with Gasteiger partial charge in [-0.1, -0.05) is 37.5 Å². The number of nitrogens with zero attached hydrogens (tertiary/aromatic N) is 4. The number of hydrogen-bond acceptors (Lipinski definition) is 7. The van der Waals surface area contributed by atoms with Crippen LogP contribution in [0, 0.1) is 0 Å². The highest BCUT2D eigenvalue weighted by Crippen LogP contribution is 2.37. The Labute approximate surface area is 190 Å². The zero-order valence-electron chi connectivity index (χ0n) is 18.8. The summed E-state index contributed by atoms with van der Waals surface area (Å²) >= 11 is 1.72. The van der Waals surface area contributed by atoms with Crippen LogP contribution < -0.4 is 4.90 Å². The van der Waals surface area contributed by atoms with Crippen LogP contribution >= 0.6 is 11.3 Å². The number of likely N-dealkylation sites (N-methyl/N-ethyl adjacent to an activating group) is 1. The van der Waals surface area contributed by atoms with Gasteiger partial charge in [0.2, 0.25) is 5.90 Å². The maximum Gasteiger partial charge on any atom is 0.340 e. The molecule has 0 amide bonds. The molecule has 3 heterocycles. The maximum atomic E-state index is 12.4. The molecule has 1 aliphatic carbocycles. The number of aliphatic imine (C=N–C) groups is 1. The van der Waals surface area contributed by atoms with Crippen LogP contribution in [0.4, 0.5) is 5.13 Å². The van der Waals surface area contributed by atoms with Gasteiger partial charge in [-0.2, -0.15) is 0 Å². The van der Waals surface area contributed by atoms with Crippen LogP contribution in [-0.4, -0.2) is 60.5 Å². The molecule has 1 aromatic heterocycles. The second kappa shape index (κ2) is 10.9. The van der Waals surface area contributed by atoms with E-state index in [-0.39, 0.29) is 5.97 Å². The fourth-order valence-electron chi connectivity index (χ4n) is 4.15. The number of carbonyl (C=O) groups excluding carboxylic acids is 1. The Balaban J connectivity index is 0.00000132. The Bertz CT molecular complexity index is 844. The first-order chi connectivity index (χ1) is 15.1. The number of thiazole rings is 1. The molecule has 0 N–H and O–H groups in total. The fourth-order valence-corrected chi connectivity index (χ4v) is 5.04. The lowest BCUT2D eigenvalue weighted by Crippen LogP contribution is -2.44. The van der Waals surface area contributed by atoms with E-state index < -0.39 is 5.54 Å². The van der Waals surface area contributed by atoms with Crippen LogP contribution in [0.2, 0.25) is 0 Å². The molecule has 1 aromatic rings. The highest BCUT2D eigenvalue weighted by Gasteiger charge is 2.46. The number of allylic oxidation sites excluding steroid dienone is 2. The van der Waals surface area contributed by atoms with Crippen molar-refractivity contribution in [3.05, 3.63) is 48.0 Å². The van der Waals surface area contributed by atoms with Gasteiger partial charge in [0.05, 0.1) is 5.69 Å². The molecule has 2 aliphatic heterocycles. The Kier molecular flexibility index (Phi) is 8.21. The average molecular weight is 443 g/mol. The Hall–Kier alpha value is -2.25. The number of cyclic esters (lactones) is 1. The van der Waals surface area contributed by atoms with E-state index in [1.54, 1.807) is 11.3 Å². The summed E-state index contributed by atoms with van der Waals surface area (Å²) in [4.78, 5) is 26.7. The Morgan fingerprint density at radius 3 is 2.61 bits per heavy atom. The molecule has 0 atom stereocenters. The van der Waals surface area contributed by atoms with Crippen molar-refractivity contribution in [1.82, 2.24) is 9.88 Å². The molecule has 2 fully saturated rings. The largest absolute Gasteiger partial charge is 0.405 e. The van der Waals surface area contributed by atoms with Crippen molar-refractivity contribution in [3.63, 3.8) is 0 Å². The first kappa shape index (κ1) is 23.4. The van der Waals surface area contributed by atoms with E-state index in [4.69, 9.17) is 14.7 Å². The smallest absolute Gasteiger partial charge is 0.340 e. The molecule has 0 unspecified atom stereocenters. The number of ether oxygens (including phenoxy) is 1. The molecule has 4 rings (SSSR count). The van der Waals surface area contributed by atoms with Gasteiger partial charge in [0.15, 0.2) is 10.7 Å². The zero-order chi connectivity index (χ0) is 22.3. The van der Waals surface area contributed by atoms with E-state index in [0.717, 1.165) is 74.7 Å². The summed E-state index contributed by atoms with van der Waals surface area (Å²) in [5, 5.41) is 3.25. The third kappa shape index (κ3) is 5.52. The van der Waals surface area contributed by atoms with Crippen molar-refractivity contribution in [2.75, 3.05) is 38.1 Å². The number of hydrogen-bond donors (Lipinski definition) is 0. The summed E-state index contributed by atoms with van der Waals surface area (Å²) in [6.45, 7) is 12.2. The lowest BCUT2D eigenvalue weighted by atomic mass is 9.83. The molecule has 6 nitrogen and oxygen atoms in total. The maximum absolute atomic E-state index is 12.4. The van der Waals surface area contributed by atoms with Crippen molar-refractivity contribution < 1.29 is 9.53 Å². The Morgan fingerprint density at radius 2 is 1.94 bits per heavy atom. The van der Waals surface area contributed by atoms with Crippen LogP contribution in [0.5, 0.6) is 0 Å². The topological polar surface area (TPSA) is 58.0 Å². The van der Waals surface area contributed by atoms with E-state index in [1.165, 1.54) is 6.42 Å². The number of rotatable bonds is 5. The summed E-state index contributed by atoms with van der Waals surface area (Å²) in [5.41, 5.74) is 1.32. The molecular formula is C24H34N4O2S. The van der Waals surface area contributed by atoms with Gasteiger partial charge >= 0.3 is 5.97 Å². The zero-order valence-corrected chi connectivity index (χ0v) is 19.6. The van der Waals surface area contributed by atoms with Crippen LogP contribution in [-0.2, 0) is 16.0 Å².